The van der Waals surface area contributed by atoms with E-state index >= 15 is 0 Å². The van der Waals surface area contributed by atoms with Crippen LogP contribution < -0.4 is 4.90 Å². The summed E-state index contributed by atoms with van der Waals surface area (Å²) in [7, 11) is 0. The first-order chi connectivity index (χ1) is 14.0. The molecular formula is C23H32N3O3+. The summed E-state index contributed by atoms with van der Waals surface area (Å²) in [6, 6.07) is 8.47. The van der Waals surface area contributed by atoms with Gasteiger partial charge in [-0.05, 0) is 25.3 Å². The minimum Gasteiger partial charge on any atom is -0.331 e. The molecule has 0 radical (unpaired) electrons. The smallest absolute Gasteiger partial charge is 0.233 e. The predicted octanol–water partition coefficient (Wildman–Crippen LogP) is 0.787. The Hall–Kier alpha value is -2.21. The molecule has 2 aliphatic heterocycles. The maximum Gasteiger partial charge on any atom is 0.233 e. The summed E-state index contributed by atoms with van der Waals surface area (Å²) in [4.78, 5) is 42.6. The second-order valence-electron chi connectivity index (χ2n) is 8.81. The molecule has 29 heavy (non-hydrogen) atoms. The number of imide groups is 1. The van der Waals surface area contributed by atoms with E-state index in [2.05, 4.69) is 31.2 Å². The van der Waals surface area contributed by atoms with Crippen molar-refractivity contribution in [2.45, 2.75) is 45.6 Å². The monoisotopic (exact) mass is 398 g/mol. The molecule has 1 aliphatic carbocycles. The molecule has 0 bridgehead atoms. The number of amides is 3. The fourth-order valence-corrected chi connectivity index (χ4v) is 5.14. The lowest BCUT2D eigenvalue weighted by molar-refractivity contribution is -0.917. The van der Waals surface area contributed by atoms with Crippen LogP contribution in [-0.4, -0.2) is 60.2 Å². The van der Waals surface area contributed by atoms with Crippen LogP contribution >= 0.6 is 0 Å². The van der Waals surface area contributed by atoms with Crippen LogP contribution in [-0.2, 0) is 20.9 Å². The second-order valence-corrected chi connectivity index (χ2v) is 8.81. The molecule has 156 valence electrons. The maximum atomic E-state index is 12.7. The molecule has 6 nitrogen and oxygen atoms in total. The number of fused-ring (bicyclic) bond motifs is 1. The molecule has 2 saturated heterocycles. The summed E-state index contributed by atoms with van der Waals surface area (Å²) in [6.07, 6.45) is 3.96. The zero-order chi connectivity index (χ0) is 20.4. The van der Waals surface area contributed by atoms with Gasteiger partial charge in [0.15, 0.2) is 0 Å². The Labute approximate surface area is 172 Å². The summed E-state index contributed by atoms with van der Waals surface area (Å²) in [5.41, 5.74) is 2.69. The van der Waals surface area contributed by atoms with Gasteiger partial charge in [-0.2, -0.15) is 0 Å². The van der Waals surface area contributed by atoms with Crippen molar-refractivity contribution in [1.82, 2.24) is 9.80 Å². The Balaban J connectivity index is 1.25. The fraction of sp³-hybridized carbons (Fsp3) is 0.609. The van der Waals surface area contributed by atoms with Crippen molar-refractivity contribution in [3.05, 3.63) is 35.4 Å². The SMILES string of the molecule is Cc1ccccc1C[NH+]1CCN(C(=O)CCN2C(=O)[C@H]3CCCC[C@H]3C2=O)CC1. The minimum absolute atomic E-state index is 0.0417. The number of carbonyl (C=O) groups is 3. The van der Waals surface area contributed by atoms with Crippen molar-refractivity contribution >= 4 is 17.7 Å². The summed E-state index contributed by atoms with van der Waals surface area (Å²) in [5.74, 6) is -0.268. The third-order valence-electron chi connectivity index (χ3n) is 7.01. The van der Waals surface area contributed by atoms with Gasteiger partial charge >= 0.3 is 0 Å². The molecule has 0 aromatic heterocycles. The first-order valence-corrected chi connectivity index (χ1v) is 11.1. The highest BCUT2D eigenvalue weighted by Crippen LogP contribution is 2.37. The first-order valence-electron chi connectivity index (χ1n) is 11.1. The van der Waals surface area contributed by atoms with Crippen molar-refractivity contribution in [3.63, 3.8) is 0 Å². The number of likely N-dealkylation sites (tertiary alicyclic amines) is 1. The Morgan fingerprint density at radius 3 is 2.28 bits per heavy atom. The molecule has 1 saturated carbocycles. The number of aryl methyl sites for hydroxylation is 1. The van der Waals surface area contributed by atoms with E-state index in [0.717, 1.165) is 58.4 Å². The van der Waals surface area contributed by atoms with Gasteiger partial charge in [-0.15, -0.1) is 0 Å². The van der Waals surface area contributed by atoms with Crippen LogP contribution in [0.2, 0.25) is 0 Å². The third kappa shape index (κ3) is 4.22. The van der Waals surface area contributed by atoms with E-state index in [-0.39, 0.29) is 42.5 Å². The Morgan fingerprint density at radius 1 is 1.03 bits per heavy atom. The van der Waals surface area contributed by atoms with E-state index in [1.54, 1.807) is 0 Å². The van der Waals surface area contributed by atoms with Crippen molar-refractivity contribution in [3.8, 4) is 0 Å². The number of rotatable bonds is 5. The van der Waals surface area contributed by atoms with Crippen molar-refractivity contribution in [1.29, 1.82) is 0 Å². The van der Waals surface area contributed by atoms with Crippen LogP contribution in [0, 0.1) is 18.8 Å². The number of hydrogen-bond acceptors (Lipinski definition) is 3. The van der Waals surface area contributed by atoms with Gasteiger partial charge in [0, 0.05) is 18.5 Å². The molecule has 1 N–H and O–H groups in total. The maximum absolute atomic E-state index is 12.7. The number of hydrogen-bond donors (Lipinski definition) is 1. The number of benzene rings is 1. The van der Waals surface area contributed by atoms with E-state index in [9.17, 15) is 14.4 Å². The van der Waals surface area contributed by atoms with Crippen molar-refractivity contribution in [2.75, 3.05) is 32.7 Å². The summed E-state index contributed by atoms with van der Waals surface area (Å²) >= 11 is 0. The average Bonchev–Trinajstić information content (AvgIpc) is 2.99. The molecule has 2 atom stereocenters. The highest BCUT2D eigenvalue weighted by Gasteiger charge is 2.47. The number of nitrogens with zero attached hydrogens (tertiary/aromatic N) is 2. The van der Waals surface area contributed by atoms with Crippen LogP contribution in [0.25, 0.3) is 0 Å². The lowest BCUT2D eigenvalue weighted by Gasteiger charge is -2.32. The van der Waals surface area contributed by atoms with Crippen molar-refractivity contribution < 1.29 is 19.3 Å². The Bertz CT molecular complexity index is 761. The van der Waals surface area contributed by atoms with Gasteiger partial charge in [0.1, 0.15) is 6.54 Å². The van der Waals surface area contributed by atoms with Crippen LogP contribution in [0.5, 0.6) is 0 Å². The second kappa shape index (κ2) is 8.66. The molecule has 3 fully saturated rings. The third-order valence-corrected chi connectivity index (χ3v) is 7.01. The average molecular weight is 399 g/mol. The summed E-state index contributed by atoms with van der Waals surface area (Å²) < 4.78 is 0. The molecule has 2 heterocycles. The van der Waals surface area contributed by atoms with Gasteiger partial charge in [-0.1, -0.05) is 37.1 Å². The van der Waals surface area contributed by atoms with Crippen molar-refractivity contribution in [2.24, 2.45) is 11.8 Å². The molecular weight excluding hydrogens is 366 g/mol. The topological polar surface area (TPSA) is 62.1 Å². The summed E-state index contributed by atoms with van der Waals surface area (Å²) in [6.45, 7) is 6.75. The van der Waals surface area contributed by atoms with Gasteiger partial charge in [0.05, 0.1) is 38.0 Å². The molecule has 3 aliphatic rings. The standard InChI is InChI=1S/C23H31N3O3/c1-17-6-2-3-7-18(17)16-24-12-14-25(15-13-24)21(27)10-11-26-22(28)19-8-4-5-9-20(19)23(26)29/h2-3,6-7,19-20H,4-5,8-16H2,1H3/p+1/t19-,20+. The normalized spacial score (nSPS) is 25.4. The molecule has 1 aromatic carbocycles. The minimum atomic E-state index is -0.125. The lowest BCUT2D eigenvalue weighted by atomic mass is 9.81. The Kier molecular flexibility index (Phi) is 5.99. The predicted molar refractivity (Wildman–Crippen MR) is 109 cm³/mol. The highest BCUT2D eigenvalue weighted by molar-refractivity contribution is 6.05. The number of quaternary nitrogens is 1. The number of nitrogens with one attached hydrogen (secondary N) is 1. The summed E-state index contributed by atoms with van der Waals surface area (Å²) in [5, 5.41) is 0. The van der Waals surface area contributed by atoms with Crippen LogP contribution in [0.4, 0.5) is 0 Å². The van der Waals surface area contributed by atoms with E-state index in [1.165, 1.54) is 20.9 Å². The molecule has 0 spiro atoms. The lowest BCUT2D eigenvalue weighted by Crippen LogP contribution is -3.13. The van der Waals surface area contributed by atoms with Gasteiger partial charge in [-0.25, -0.2) is 0 Å². The zero-order valence-corrected chi connectivity index (χ0v) is 17.4. The largest absolute Gasteiger partial charge is 0.331 e. The van der Waals surface area contributed by atoms with Crippen LogP contribution in [0.15, 0.2) is 24.3 Å². The van der Waals surface area contributed by atoms with E-state index in [4.69, 9.17) is 0 Å². The van der Waals surface area contributed by atoms with Crippen LogP contribution in [0.1, 0.15) is 43.2 Å². The van der Waals surface area contributed by atoms with E-state index < -0.39 is 0 Å². The van der Waals surface area contributed by atoms with Gasteiger partial charge < -0.3 is 9.80 Å². The quantitative estimate of drug-likeness (QED) is 0.746. The number of carbonyl (C=O) groups excluding carboxylic acids is 3. The van der Waals surface area contributed by atoms with E-state index in [0.29, 0.717) is 0 Å². The zero-order valence-electron chi connectivity index (χ0n) is 17.4. The van der Waals surface area contributed by atoms with Gasteiger partial charge in [0.2, 0.25) is 17.7 Å². The van der Waals surface area contributed by atoms with Crippen LogP contribution in [0.3, 0.4) is 0 Å². The molecule has 1 aromatic rings. The molecule has 3 amide bonds. The van der Waals surface area contributed by atoms with E-state index in [1.807, 2.05) is 4.90 Å². The van der Waals surface area contributed by atoms with Gasteiger partial charge in [0.25, 0.3) is 0 Å². The first kappa shape index (κ1) is 20.1. The highest BCUT2D eigenvalue weighted by atomic mass is 16.2. The number of piperazine rings is 1. The fourth-order valence-electron chi connectivity index (χ4n) is 5.14. The Morgan fingerprint density at radius 2 is 1.66 bits per heavy atom. The molecule has 6 heteroatoms. The molecule has 0 unspecified atom stereocenters. The van der Waals surface area contributed by atoms with Gasteiger partial charge in [-0.3, -0.25) is 19.3 Å². The molecule has 4 rings (SSSR count).